The van der Waals surface area contributed by atoms with Gasteiger partial charge in [-0.15, -0.1) is 11.8 Å². The van der Waals surface area contributed by atoms with Gasteiger partial charge in [0.2, 0.25) is 11.8 Å². The van der Waals surface area contributed by atoms with Crippen LogP contribution in [0.5, 0.6) is 0 Å². The van der Waals surface area contributed by atoms with Crippen LogP contribution in [0.25, 0.3) is 0 Å². The minimum absolute atomic E-state index is 0.0502. The smallest absolute Gasteiger partial charge is 0.353 e. The summed E-state index contributed by atoms with van der Waals surface area (Å²) < 4.78 is 0. The fourth-order valence-corrected chi connectivity index (χ4v) is 5.61. The second-order valence-electron chi connectivity index (χ2n) is 7.24. The number of likely N-dealkylation sites (N-methyl/N-ethyl adjacent to an activating group) is 1. The fourth-order valence-electron chi connectivity index (χ4n) is 4.11. The molecule has 0 bridgehead atoms. The summed E-state index contributed by atoms with van der Waals surface area (Å²) in [4.78, 5) is 37.5. The van der Waals surface area contributed by atoms with Gasteiger partial charge in [-0.2, -0.15) is 0 Å². The predicted molar refractivity (Wildman–Crippen MR) is 101 cm³/mol. The van der Waals surface area contributed by atoms with Crippen molar-refractivity contribution in [2.45, 2.75) is 43.7 Å². The zero-order chi connectivity index (χ0) is 19.9. The van der Waals surface area contributed by atoms with Crippen LogP contribution in [0.4, 0.5) is 0 Å². The first kappa shape index (κ1) is 19.9. The van der Waals surface area contributed by atoms with E-state index >= 15 is 0 Å². The Labute approximate surface area is 162 Å². The molecule has 8 nitrogen and oxygen atoms in total. The molecule has 0 aromatic heterocycles. The minimum Gasteiger partial charge on any atom is -0.477 e. The number of aliphatic hydroxyl groups excluding tert-OH is 1. The molecule has 3 aliphatic heterocycles. The molecule has 3 aliphatic rings. The summed E-state index contributed by atoms with van der Waals surface area (Å²) in [7, 11) is 1.57. The molecule has 0 aliphatic carbocycles. The van der Waals surface area contributed by atoms with Gasteiger partial charge in [0.25, 0.3) is 0 Å². The number of nitrogens with one attached hydrogen (secondary N) is 2. The number of hydrogen-bond acceptors (Lipinski definition) is 6. The topological polar surface area (TPSA) is 119 Å². The number of hydrogen-bond donors (Lipinski definition) is 4. The van der Waals surface area contributed by atoms with E-state index < -0.39 is 18.0 Å². The van der Waals surface area contributed by atoms with E-state index in [4.69, 9.17) is 0 Å². The lowest BCUT2D eigenvalue weighted by Crippen LogP contribution is -2.63. The van der Waals surface area contributed by atoms with E-state index in [1.54, 1.807) is 14.0 Å². The average Bonchev–Trinajstić information content (AvgIpc) is 3.14. The third kappa shape index (κ3) is 3.51. The van der Waals surface area contributed by atoms with Crippen LogP contribution in [0, 0.1) is 11.8 Å². The summed E-state index contributed by atoms with van der Waals surface area (Å²) in [6.07, 6.45) is 3.26. The normalized spacial score (nSPS) is 34.0. The van der Waals surface area contributed by atoms with Gasteiger partial charge in [-0.3, -0.25) is 9.59 Å². The van der Waals surface area contributed by atoms with E-state index in [2.05, 4.69) is 10.6 Å². The number of aliphatic carboxylic acids is 1. The third-order valence-electron chi connectivity index (χ3n) is 5.46. The molecule has 0 saturated carbocycles. The van der Waals surface area contributed by atoms with E-state index in [1.165, 1.54) is 22.7 Å². The monoisotopic (exact) mass is 395 g/mol. The Morgan fingerprint density at radius 3 is 2.74 bits per heavy atom. The molecule has 148 valence electrons. The lowest BCUT2D eigenvalue weighted by atomic mass is 9.79. The number of carboxylic acid groups (broad SMARTS) is 1. The number of rotatable bonds is 6. The molecule has 0 unspecified atom stereocenters. The lowest BCUT2D eigenvalue weighted by molar-refractivity contribution is -0.163. The predicted octanol–water partition coefficient (Wildman–Crippen LogP) is -0.0940. The highest BCUT2D eigenvalue weighted by atomic mass is 32.2. The molecule has 0 radical (unpaired) electrons. The maximum Gasteiger partial charge on any atom is 0.353 e. The molecular weight excluding hydrogens is 370 g/mol. The number of carbonyl (C=O) groups excluding carboxylic acids is 2. The van der Waals surface area contributed by atoms with E-state index in [0.29, 0.717) is 11.4 Å². The van der Waals surface area contributed by atoms with Crippen LogP contribution in [0.2, 0.25) is 0 Å². The molecule has 0 aromatic carbocycles. The molecule has 0 spiro atoms. The molecule has 2 fully saturated rings. The Hall–Kier alpha value is -1.84. The van der Waals surface area contributed by atoms with Gasteiger partial charge in [0, 0.05) is 41.8 Å². The first-order valence-electron chi connectivity index (χ1n) is 9.04. The average molecular weight is 395 g/mol. The van der Waals surface area contributed by atoms with E-state index in [0.717, 1.165) is 6.42 Å². The molecule has 27 heavy (non-hydrogen) atoms. The van der Waals surface area contributed by atoms with Crippen molar-refractivity contribution in [1.29, 1.82) is 0 Å². The van der Waals surface area contributed by atoms with Gasteiger partial charge in [-0.1, -0.05) is 13.0 Å². The molecule has 3 rings (SSSR count). The Bertz CT molecular complexity index is 720. The van der Waals surface area contributed by atoms with Gasteiger partial charge < -0.3 is 25.7 Å². The Morgan fingerprint density at radius 2 is 2.15 bits per heavy atom. The van der Waals surface area contributed by atoms with Crippen molar-refractivity contribution in [2.24, 2.45) is 11.8 Å². The van der Waals surface area contributed by atoms with Gasteiger partial charge in [-0.05, 0) is 13.3 Å². The van der Waals surface area contributed by atoms with Crippen molar-refractivity contribution in [3.63, 3.8) is 0 Å². The highest BCUT2D eigenvalue weighted by Gasteiger charge is 2.60. The van der Waals surface area contributed by atoms with Crippen LogP contribution < -0.4 is 10.6 Å². The number of aliphatic hydroxyl groups is 1. The maximum absolute atomic E-state index is 12.4. The molecule has 2 amide bonds. The van der Waals surface area contributed by atoms with Crippen molar-refractivity contribution in [3.8, 4) is 0 Å². The second-order valence-corrected chi connectivity index (χ2v) is 8.58. The number of fused-ring (bicyclic) bond motifs is 1. The number of carboxylic acids is 1. The zero-order valence-electron chi connectivity index (χ0n) is 15.5. The molecule has 6 atom stereocenters. The number of amides is 2. The standard InChI is InChI=1S/C18H25N3O5S/c1-8-14-13(9(2)22)17(24)21(14)15(18(25)26)16(8)27-11-6-10(20-7-11)4-5-12(23)19-3/h4-5,8-11,13-14,20,22H,6-7H2,1-3H3,(H,19,23)(H,25,26)/b5-4+/t8-,9-,10-,11+,13-,14-/m1/s1. The summed E-state index contributed by atoms with van der Waals surface area (Å²) in [6.45, 7) is 4.18. The van der Waals surface area contributed by atoms with Gasteiger partial charge in [-0.25, -0.2) is 4.79 Å². The highest BCUT2D eigenvalue weighted by molar-refractivity contribution is 8.03. The Balaban J connectivity index is 1.73. The van der Waals surface area contributed by atoms with Crippen LogP contribution >= 0.6 is 11.8 Å². The number of nitrogens with zero attached hydrogens (tertiary/aromatic N) is 1. The van der Waals surface area contributed by atoms with E-state index in [1.807, 2.05) is 13.0 Å². The number of β-lactam (4-membered cyclic amide) rings is 1. The molecule has 9 heteroatoms. The molecular formula is C18H25N3O5S. The van der Waals surface area contributed by atoms with Crippen molar-refractivity contribution in [2.75, 3.05) is 13.6 Å². The van der Waals surface area contributed by atoms with Crippen LogP contribution in [-0.2, 0) is 14.4 Å². The van der Waals surface area contributed by atoms with E-state index in [-0.39, 0.29) is 40.8 Å². The summed E-state index contributed by atoms with van der Waals surface area (Å²) in [5, 5.41) is 25.5. The summed E-state index contributed by atoms with van der Waals surface area (Å²) >= 11 is 1.49. The van der Waals surface area contributed by atoms with Crippen molar-refractivity contribution >= 4 is 29.5 Å². The molecule has 3 heterocycles. The SMILES string of the molecule is CNC(=O)/C=C/[C@@H]1C[C@H](SC2=C(C(=O)O)N3C(=O)[C@H]([C@@H](C)O)[C@H]3[C@H]2C)CN1. The van der Waals surface area contributed by atoms with Crippen LogP contribution in [-0.4, -0.2) is 69.9 Å². The van der Waals surface area contributed by atoms with Crippen LogP contribution in [0.1, 0.15) is 20.3 Å². The largest absolute Gasteiger partial charge is 0.477 e. The molecule has 4 N–H and O–H groups in total. The zero-order valence-corrected chi connectivity index (χ0v) is 16.3. The molecule has 0 aromatic rings. The Morgan fingerprint density at radius 1 is 1.44 bits per heavy atom. The first-order valence-corrected chi connectivity index (χ1v) is 9.92. The van der Waals surface area contributed by atoms with Crippen molar-refractivity contribution in [3.05, 3.63) is 22.8 Å². The fraction of sp³-hybridized carbons (Fsp3) is 0.611. The molecule has 2 saturated heterocycles. The first-order chi connectivity index (χ1) is 12.8. The summed E-state index contributed by atoms with van der Waals surface area (Å²) in [5.74, 6) is -2.26. The number of carbonyl (C=O) groups is 3. The number of thioether (sulfide) groups is 1. The minimum atomic E-state index is -1.11. The Kier molecular flexibility index (Phi) is 5.64. The second kappa shape index (κ2) is 7.65. The van der Waals surface area contributed by atoms with Crippen LogP contribution in [0.3, 0.4) is 0 Å². The maximum atomic E-state index is 12.4. The van der Waals surface area contributed by atoms with Gasteiger partial charge in [0.1, 0.15) is 5.70 Å². The van der Waals surface area contributed by atoms with Gasteiger partial charge in [0.05, 0.1) is 18.1 Å². The third-order valence-corrected chi connectivity index (χ3v) is 6.97. The van der Waals surface area contributed by atoms with E-state index in [9.17, 15) is 24.6 Å². The highest BCUT2D eigenvalue weighted by Crippen LogP contribution is 2.51. The lowest BCUT2D eigenvalue weighted by Gasteiger charge is -2.46. The van der Waals surface area contributed by atoms with Crippen molar-refractivity contribution in [1.82, 2.24) is 15.5 Å². The van der Waals surface area contributed by atoms with Gasteiger partial charge in [0.15, 0.2) is 0 Å². The van der Waals surface area contributed by atoms with Crippen molar-refractivity contribution < 1.29 is 24.6 Å². The quantitative estimate of drug-likeness (QED) is 0.366. The summed E-state index contributed by atoms with van der Waals surface area (Å²) in [6, 6.07) is -0.237. The summed E-state index contributed by atoms with van der Waals surface area (Å²) in [5.41, 5.74) is 0.0590. The van der Waals surface area contributed by atoms with Crippen LogP contribution in [0.15, 0.2) is 22.8 Å². The van der Waals surface area contributed by atoms with Gasteiger partial charge >= 0.3 is 5.97 Å².